The summed E-state index contributed by atoms with van der Waals surface area (Å²) < 4.78 is 44.4. The van der Waals surface area contributed by atoms with Crippen molar-refractivity contribution >= 4 is 36.4 Å². The van der Waals surface area contributed by atoms with Crippen molar-refractivity contribution in [2.75, 3.05) is 12.1 Å². The Morgan fingerprint density at radius 1 is 1.10 bits per heavy atom. The van der Waals surface area contributed by atoms with Crippen LogP contribution in [0.2, 0.25) is 0 Å². The van der Waals surface area contributed by atoms with E-state index in [4.69, 9.17) is 4.74 Å². The van der Waals surface area contributed by atoms with Crippen LogP contribution in [0, 0.1) is 0 Å². The van der Waals surface area contributed by atoms with Gasteiger partial charge in [0.2, 0.25) is 5.88 Å². The SMILES string of the molecule is COc1ccc(CNN(C(=O)c2cccnc2)c2cccc(C(F)(F)F)c2)cn1.Cl.Cl. The number of ether oxygens (including phenoxy) is 1. The molecule has 0 radical (unpaired) electrons. The summed E-state index contributed by atoms with van der Waals surface area (Å²) in [4.78, 5) is 20.9. The molecule has 3 aromatic rings. The molecule has 0 saturated carbocycles. The molecule has 0 fully saturated rings. The topological polar surface area (TPSA) is 67.3 Å². The lowest BCUT2D eigenvalue weighted by atomic mass is 10.1. The number of hydrogen-bond donors (Lipinski definition) is 1. The highest BCUT2D eigenvalue weighted by atomic mass is 35.5. The second kappa shape index (κ2) is 11.5. The van der Waals surface area contributed by atoms with Crippen LogP contribution < -0.4 is 15.2 Å². The van der Waals surface area contributed by atoms with Crippen LogP contribution in [0.3, 0.4) is 0 Å². The van der Waals surface area contributed by atoms with Gasteiger partial charge in [0, 0.05) is 31.2 Å². The van der Waals surface area contributed by atoms with Crippen LogP contribution >= 0.6 is 24.8 Å². The number of halogens is 5. The third-order valence-electron chi connectivity index (χ3n) is 3.99. The number of methoxy groups -OCH3 is 1. The van der Waals surface area contributed by atoms with Crippen molar-refractivity contribution in [2.45, 2.75) is 12.7 Å². The molecule has 166 valence electrons. The molecule has 0 saturated heterocycles. The summed E-state index contributed by atoms with van der Waals surface area (Å²) in [5.41, 5.74) is 3.01. The maximum Gasteiger partial charge on any atom is 0.416 e. The van der Waals surface area contributed by atoms with E-state index in [1.54, 1.807) is 24.4 Å². The number of nitrogens with one attached hydrogen (secondary N) is 1. The number of rotatable bonds is 6. The van der Waals surface area contributed by atoms with Gasteiger partial charge in [0.15, 0.2) is 0 Å². The minimum Gasteiger partial charge on any atom is -0.481 e. The molecule has 0 aliphatic rings. The lowest BCUT2D eigenvalue weighted by Crippen LogP contribution is -2.43. The predicted molar refractivity (Wildman–Crippen MR) is 115 cm³/mol. The van der Waals surface area contributed by atoms with Crippen LogP contribution in [0.15, 0.2) is 67.1 Å². The highest BCUT2D eigenvalue weighted by molar-refractivity contribution is 6.05. The number of nitrogens with zero attached hydrogens (tertiary/aromatic N) is 3. The Morgan fingerprint density at radius 2 is 1.87 bits per heavy atom. The maximum absolute atomic E-state index is 13.1. The smallest absolute Gasteiger partial charge is 0.416 e. The van der Waals surface area contributed by atoms with Gasteiger partial charge in [-0.15, -0.1) is 24.8 Å². The highest BCUT2D eigenvalue weighted by Gasteiger charge is 2.31. The average Bonchev–Trinajstić information content (AvgIpc) is 2.74. The van der Waals surface area contributed by atoms with Gasteiger partial charge in [0.25, 0.3) is 5.91 Å². The third-order valence-corrected chi connectivity index (χ3v) is 3.99. The quantitative estimate of drug-likeness (QED) is 0.524. The van der Waals surface area contributed by atoms with Gasteiger partial charge >= 0.3 is 6.18 Å². The Balaban J connectivity index is 0.00000240. The first-order valence-electron chi connectivity index (χ1n) is 8.52. The van der Waals surface area contributed by atoms with Gasteiger partial charge in [-0.1, -0.05) is 12.1 Å². The van der Waals surface area contributed by atoms with Crippen molar-refractivity contribution in [1.82, 2.24) is 15.4 Å². The summed E-state index contributed by atoms with van der Waals surface area (Å²) in [5.74, 6) is -0.117. The summed E-state index contributed by atoms with van der Waals surface area (Å²) >= 11 is 0. The summed E-state index contributed by atoms with van der Waals surface area (Å²) in [6.45, 7) is 0.152. The van der Waals surface area contributed by atoms with Gasteiger partial charge in [0.05, 0.1) is 23.9 Å². The molecule has 1 N–H and O–H groups in total. The fourth-order valence-electron chi connectivity index (χ4n) is 2.53. The van der Waals surface area contributed by atoms with E-state index in [9.17, 15) is 18.0 Å². The molecule has 0 bridgehead atoms. The van der Waals surface area contributed by atoms with E-state index < -0.39 is 17.6 Å². The van der Waals surface area contributed by atoms with Crippen LogP contribution in [0.25, 0.3) is 0 Å². The summed E-state index contributed by atoms with van der Waals surface area (Å²) in [6, 6.07) is 11.0. The monoisotopic (exact) mass is 474 g/mol. The lowest BCUT2D eigenvalue weighted by Gasteiger charge is -2.24. The van der Waals surface area contributed by atoms with E-state index in [-0.39, 0.29) is 42.6 Å². The van der Waals surface area contributed by atoms with Gasteiger partial charge in [-0.25, -0.2) is 15.4 Å². The molecule has 31 heavy (non-hydrogen) atoms. The number of hydrazine groups is 1. The number of hydrogen-bond acceptors (Lipinski definition) is 5. The number of anilines is 1. The molecule has 3 rings (SSSR count). The van der Waals surface area contributed by atoms with Crippen LogP contribution in [0.5, 0.6) is 5.88 Å². The van der Waals surface area contributed by atoms with E-state index in [0.717, 1.165) is 17.1 Å². The van der Waals surface area contributed by atoms with Gasteiger partial charge in [0.1, 0.15) is 0 Å². The fourth-order valence-corrected chi connectivity index (χ4v) is 2.53. The molecule has 0 unspecified atom stereocenters. The first-order valence-corrected chi connectivity index (χ1v) is 8.52. The number of alkyl halides is 3. The molecular formula is C20H19Cl2F3N4O2. The van der Waals surface area contributed by atoms with E-state index in [0.29, 0.717) is 11.4 Å². The van der Waals surface area contributed by atoms with Crippen LogP contribution in [-0.2, 0) is 12.7 Å². The molecule has 6 nitrogen and oxygen atoms in total. The molecule has 1 aromatic carbocycles. The number of aromatic nitrogens is 2. The van der Waals surface area contributed by atoms with Gasteiger partial charge in [-0.3, -0.25) is 9.78 Å². The molecule has 11 heteroatoms. The molecule has 0 spiro atoms. The van der Waals surface area contributed by atoms with Crippen molar-refractivity contribution in [2.24, 2.45) is 0 Å². The maximum atomic E-state index is 13.1. The average molecular weight is 475 g/mol. The Kier molecular flexibility index (Phi) is 9.70. The van der Waals surface area contributed by atoms with Gasteiger partial charge in [-0.2, -0.15) is 13.2 Å². The van der Waals surface area contributed by atoms with E-state index in [2.05, 4.69) is 15.4 Å². The predicted octanol–water partition coefficient (Wildman–Crippen LogP) is 4.70. The molecule has 0 aliphatic carbocycles. The normalized spacial score (nSPS) is 10.5. The number of benzene rings is 1. The Morgan fingerprint density at radius 3 is 2.45 bits per heavy atom. The fraction of sp³-hybridized carbons (Fsp3) is 0.150. The lowest BCUT2D eigenvalue weighted by molar-refractivity contribution is -0.137. The highest BCUT2D eigenvalue weighted by Crippen LogP contribution is 2.31. The molecule has 0 atom stereocenters. The third kappa shape index (κ3) is 6.81. The number of carbonyl (C=O) groups is 1. The minimum absolute atomic E-state index is 0. The minimum atomic E-state index is -4.53. The van der Waals surface area contributed by atoms with Crippen molar-refractivity contribution < 1.29 is 22.7 Å². The van der Waals surface area contributed by atoms with E-state index >= 15 is 0 Å². The van der Waals surface area contributed by atoms with Crippen molar-refractivity contribution in [3.63, 3.8) is 0 Å². The first kappa shape index (κ1) is 26.2. The molecule has 1 amide bonds. The molecule has 2 aromatic heterocycles. The Bertz CT molecular complexity index is 974. The standard InChI is InChI=1S/C20H17F3N4O2.2ClH/c1-29-18-8-7-14(11-25-18)12-26-27(19(28)15-4-3-9-24-13-15)17-6-2-5-16(10-17)20(21,22)23;;/h2-11,13,26H,12H2,1H3;2*1H. The van der Waals surface area contributed by atoms with Gasteiger partial charge < -0.3 is 4.74 Å². The van der Waals surface area contributed by atoms with E-state index in [1.165, 1.54) is 37.7 Å². The Labute approximate surface area is 189 Å². The zero-order valence-corrected chi connectivity index (χ0v) is 17.8. The zero-order chi connectivity index (χ0) is 20.9. The molecule has 2 heterocycles. The number of pyridine rings is 2. The van der Waals surface area contributed by atoms with Gasteiger partial charge in [-0.05, 0) is 35.9 Å². The first-order chi connectivity index (χ1) is 13.9. The zero-order valence-electron chi connectivity index (χ0n) is 16.2. The van der Waals surface area contributed by atoms with Crippen LogP contribution in [0.1, 0.15) is 21.5 Å². The second-order valence-electron chi connectivity index (χ2n) is 5.97. The van der Waals surface area contributed by atoms with Crippen LogP contribution in [-0.4, -0.2) is 23.0 Å². The summed E-state index contributed by atoms with van der Waals surface area (Å²) in [5, 5.41) is 1.07. The van der Waals surface area contributed by atoms with Crippen molar-refractivity contribution in [3.05, 3.63) is 83.8 Å². The summed E-state index contributed by atoms with van der Waals surface area (Å²) in [7, 11) is 1.49. The Hall–Kier alpha value is -2.88. The number of amides is 1. The van der Waals surface area contributed by atoms with Crippen molar-refractivity contribution in [3.8, 4) is 5.88 Å². The summed E-state index contributed by atoms with van der Waals surface area (Å²) in [6.07, 6.45) is -0.134. The number of carbonyl (C=O) groups excluding carboxylic acids is 1. The van der Waals surface area contributed by atoms with Crippen LogP contribution in [0.4, 0.5) is 18.9 Å². The van der Waals surface area contributed by atoms with Crippen molar-refractivity contribution in [1.29, 1.82) is 0 Å². The molecular weight excluding hydrogens is 456 g/mol. The largest absolute Gasteiger partial charge is 0.481 e. The second-order valence-corrected chi connectivity index (χ2v) is 5.97. The van der Waals surface area contributed by atoms with E-state index in [1.807, 2.05) is 0 Å². The molecule has 0 aliphatic heterocycles.